The van der Waals surface area contributed by atoms with Crippen LogP contribution in [0.25, 0.3) is 5.57 Å². The van der Waals surface area contributed by atoms with E-state index in [1.807, 2.05) is 0 Å². The van der Waals surface area contributed by atoms with Crippen molar-refractivity contribution >= 4 is 52.2 Å². The Bertz CT molecular complexity index is 1590. The molecule has 1 aliphatic carbocycles. The van der Waals surface area contributed by atoms with Crippen LogP contribution in [0, 0.1) is 17.6 Å². The summed E-state index contributed by atoms with van der Waals surface area (Å²) in [6.45, 7) is 0.00162. The summed E-state index contributed by atoms with van der Waals surface area (Å²) in [6.07, 6.45) is 3.03. The molecule has 5 rings (SSSR count). The van der Waals surface area contributed by atoms with E-state index in [0.717, 1.165) is 31.1 Å². The molecule has 0 aromatic heterocycles. The molecule has 1 heterocycles. The summed E-state index contributed by atoms with van der Waals surface area (Å²) in [4.78, 5) is 51.5. The van der Waals surface area contributed by atoms with Crippen LogP contribution in [0.5, 0.6) is 0 Å². The molecule has 1 saturated carbocycles. The van der Waals surface area contributed by atoms with E-state index in [4.69, 9.17) is 16.7 Å². The lowest BCUT2D eigenvalue weighted by atomic mass is 9.95. The smallest absolute Gasteiger partial charge is 0.335 e. The number of carbonyl (C=O) groups is 4. The zero-order chi connectivity index (χ0) is 30.0. The number of anilines is 2. The zero-order valence-electron chi connectivity index (χ0n) is 22.2. The van der Waals surface area contributed by atoms with E-state index in [1.54, 1.807) is 24.3 Å². The van der Waals surface area contributed by atoms with Crippen molar-refractivity contribution in [3.63, 3.8) is 0 Å². The summed E-state index contributed by atoms with van der Waals surface area (Å²) >= 11 is 5.84. The first-order valence-electron chi connectivity index (χ1n) is 13.3. The number of nitrogens with one attached hydrogen (secondary N) is 2. The summed E-state index contributed by atoms with van der Waals surface area (Å²) in [5.41, 5.74) is 1.45. The molecule has 0 spiro atoms. The summed E-state index contributed by atoms with van der Waals surface area (Å²) in [7, 11) is 0. The number of halogens is 3. The maximum atomic E-state index is 14.7. The Labute approximate surface area is 245 Å². The Kier molecular flexibility index (Phi) is 8.35. The highest BCUT2D eigenvalue weighted by molar-refractivity contribution is 6.31. The van der Waals surface area contributed by atoms with Gasteiger partial charge in [-0.1, -0.05) is 23.7 Å². The average molecular weight is 594 g/mol. The van der Waals surface area contributed by atoms with Crippen molar-refractivity contribution in [2.75, 3.05) is 17.2 Å². The molecular weight excluding hydrogens is 568 g/mol. The third-order valence-corrected chi connectivity index (χ3v) is 7.54. The van der Waals surface area contributed by atoms with Crippen LogP contribution in [0.15, 0.2) is 66.7 Å². The van der Waals surface area contributed by atoms with Gasteiger partial charge in [-0.25, -0.2) is 13.6 Å². The van der Waals surface area contributed by atoms with Gasteiger partial charge < -0.3 is 20.6 Å². The number of amides is 3. The standard InChI is InChI=1S/C31H26ClF2N3O5/c32-23-11-12-24(33)27(28(23)34)20-13-14-37(26(38)16-20)25(30(40)36-22-9-5-19(6-10-22)31(41)42)15-17-1-7-21(8-2-17)35-29(39)18-3-4-18/h1-2,5-12,16,18,25H,3-4,13-15H2,(H,35,39)(H,36,40)(H,41,42). The average Bonchev–Trinajstić information content (AvgIpc) is 3.81. The largest absolute Gasteiger partial charge is 0.478 e. The Hall–Kier alpha value is -4.57. The third kappa shape index (κ3) is 6.49. The summed E-state index contributed by atoms with van der Waals surface area (Å²) in [6, 6.07) is 13.6. The van der Waals surface area contributed by atoms with Crippen LogP contribution in [0.4, 0.5) is 20.2 Å². The van der Waals surface area contributed by atoms with Crippen molar-refractivity contribution in [3.05, 3.63) is 100 Å². The van der Waals surface area contributed by atoms with Gasteiger partial charge in [0.05, 0.1) is 16.1 Å². The number of rotatable bonds is 9. The molecule has 216 valence electrons. The van der Waals surface area contributed by atoms with Gasteiger partial charge in [-0.15, -0.1) is 0 Å². The van der Waals surface area contributed by atoms with Gasteiger partial charge in [-0.2, -0.15) is 0 Å². The minimum atomic E-state index is -1.11. The number of hydrogen-bond acceptors (Lipinski definition) is 4. The Morgan fingerprint density at radius 2 is 1.60 bits per heavy atom. The molecule has 1 atom stereocenters. The lowest BCUT2D eigenvalue weighted by Gasteiger charge is -2.33. The first-order chi connectivity index (χ1) is 20.1. The number of hydrogen-bond donors (Lipinski definition) is 3. The molecule has 3 aromatic carbocycles. The molecule has 0 saturated heterocycles. The number of carboxylic acids is 1. The van der Waals surface area contributed by atoms with Gasteiger partial charge in [-0.3, -0.25) is 14.4 Å². The molecule has 3 amide bonds. The fraction of sp³-hybridized carbons (Fsp3) is 0.226. The van der Waals surface area contributed by atoms with E-state index >= 15 is 0 Å². The topological polar surface area (TPSA) is 116 Å². The van der Waals surface area contributed by atoms with Crippen LogP contribution >= 0.6 is 11.6 Å². The highest BCUT2D eigenvalue weighted by Gasteiger charge is 2.33. The van der Waals surface area contributed by atoms with Crippen LogP contribution < -0.4 is 10.6 Å². The van der Waals surface area contributed by atoms with Gasteiger partial charge in [0, 0.05) is 36.3 Å². The second-order valence-electron chi connectivity index (χ2n) is 10.2. The second-order valence-corrected chi connectivity index (χ2v) is 10.6. The van der Waals surface area contributed by atoms with Crippen molar-refractivity contribution in [1.29, 1.82) is 0 Å². The number of carboxylic acid groups (broad SMARTS) is 1. The lowest BCUT2D eigenvalue weighted by Crippen LogP contribution is -2.49. The van der Waals surface area contributed by atoms with Gasteiger partial charge >= 0.3 is 5.97 Å². The Morgan fingerprint density at radius 3 is 2.21 bits per heavy atom. The van der Waals surface area contributed by atoms with Crippen LogP contribution in [0.1, 0.15) is 40.7 Å². The predicted octanol–water partition coefficient (Wildman–Crippen LogP) is 5.53. The molecule has 3 N–H and O–H groups in total. The molecule has 1 fully saturated rings. The van der Waals surface area contributed by atoms with Gasteiger partial charge in [0.2, 0.25) is 17.7 Å². The summed E-state index contributed by atoms with van der Waals surface area (Å²) < 4.78 is 29.2. The van der Waals surface area contributed by atoms with Crippen LogP contribution in [-0.4, -0.2) is 46.3 Å². The fourth-order valence-corrected chi connectivity index (χ4v) is 4.94. The fourth-order valence-electron chi connectivity index (χ4n) is 4.79. The van der Waals surface area contributed by atoms with Crippen LogP contribution in [-0.2, 0) is 20.8 Å². The molecule has 2 aliphatic rings. The Balaban J connectivity index is 1.39. The molecule has 0 radical (unpaired) electrons. The van der Waals surface area contributed by atoms with Crippen molar-refractivity contribution < 1.29 is 33.1 Å². The minimum Gasteiger partial charge on any atom is -0.478 e. The van der Waals surface area contributed by atoms with Crippen LogP contribution in [0.2, 0.25) is 5.02 Å². The van der Waals surface area contributed by atoms with Crippen LogP contribution in [0.3, 0.4) is 0 Å². The van der Waals surface area contributed by atoms with Crippen molar-refractivity contribution in [2.45, 2.75) is 31.7 Å². The quantitative estimate of drug-likeness (QED) is 0.282. The van der Waals surface area contributed by atoms with Crippen molar-refractivity contribution in [2.24, 2.45) is 5.92 Å². The molecule has 11 heteroatoms. The third-order valence-electron chi connectivity index (χ3n) is 7.24. The van der Waals surface area contributed by atoms with E-state index in [1.165, 1.54) is 29.2 Å². The Morgan fingerprint density at radius 1 is 0.952 bits per heavy atom. The van der Waals surface area contributed by atoms with Gasteiger partial charge in [-0.05, 0) is 78.9 Å². The molecular formula is C31H26ClF2N3O5. The van der Waals surface area contributed by atoms with E-state index in [0.29, 0.717) is 16.9 Å². The maximum absolute atomic E-state index is 14.7. The van der Waals surface area contributed by atoms with Crippen molar-refractivity contribution in [3.8, 4) is 0 Å². The highest BCUT2D eigenvalue weighted by atomic mass is 35.5. The van der Waals surface area contributed by atoms with Gasteiger partial charge in [0.15, 0.2) is 5.82 Å². The second kappa shape index (κ2) is 12.1. The summed E-state index contributed by atoms with van der Waals surface area (Å²) in [5.74, 6) is -4.06. The van der Waals surface area contributed by atoms with Gasteiger partial charge in [0.25, 0.3) is 0 Å². The molecule has 42 heavy (non-hydrogen) atoms. The van der Waals surface area contributed by atoms with E-state index in [2.05, 4.69) is 10.6 Å². The first kappa shape index (κ1) is 28.9. The number of aromatic carboxylic acids is 1. The van der Waals surface area contributed by atoms with E-state index in [-0.39, 0.29) is 52.9 Å². The van der Waals surface area contributed by atoms with Crippen molar-refractivity contribution in [1.82, 2.24) is 4.90 Å². The predicted molar refractivity (Wildman–Crippen MR) is 153 cm³/mol. The first-order valence-corrected chi connectivity index (χ1v) is 13.7. The molecule has 0 bridgehead atoms. The highest BCUT2D eigenvalue weighted by Crippen LogP contribution is 2.33. The lowest BCUT2D eigenvalue weighted by molar-refractivity contribution is -0.135. The maximum Gasteiger partial charge on any atom is 0.335 e. The minimum absolute atomic E-state index is 0.00162. The normalized spacial score (nSPS) is 15.5. The molecule has 3 aromatic rings. The molecule has 1 unspecified atom stereocenters. The number of carbonyl (C=O) groups excluding carboxylic acids is 3. The van der Waals surface area contributed by atoms with Gasteiger partial charge in [0.1, 0.15) is 11.9 Å². The SMILES string of the molecule is O=C(O)c1ccc(NC(=O)C(Cc2ccc(NC(=O)C3CC3)cc2)N2CCC(c3c(F)ccc(Cl)c3F)=CC2=O)cc1. The number of benzene rings is 3. The number of nitrogens with zero attached hydrogens (tertiary/aromatic N) is 1. The monoisotopic (exact) mass is 593 g/mol. The summed E-state index contributed by atoms with van der Waals surface area (Å²) in [5, 5.41) is 14.5. The molecule has 8 nitrogen and oxygen atoms in total. The van der Waals surface area contributed by atoms with E-state index < -0.39 is 35.5 Å². The zero-order valence-corrected chi connectivity index (χ0v) is 23.0. The molecule has 1 aliphatic heterocycles. The van der Waals surface area contributed by atoms with E-state index in [9.17, 15) is 28.0 Å².